The van der Waals surface area contributed by atoms with Crippen LogP contribution >= 0.6 is 0 Å². The lowest BCUT2D eigenvalue weighted by Crippen LogP contribution is -2.19. The molecule has 0 aliphatic carbocycles. The predicted octanol–water partition coefficient (Wildman–Crippen LogP) is 2.71. The van der Waals surface area contributed by atoms with E-state index in [1.165, 1.54) is 0 Å². The lowest BCUT2D eigenvalue weighted by atomic mass is 10.1. The van der Waals surface area contributed by atoms with E-state index in [9.17, 15) is 9.59 Å². The van der Waals surface area contributed by atoms with Gasteiger partial charge in [-0.05, 0) is 49.2 Å². The van der Waals surface area contributed by atoms with Crippen LogP contribution in [0.3, 0.4) is 0 Å². The number of hydrazone groups is 1. The second kappa shape index (κ2) is 9.98. The molecule has 0 aliphatic heterocycles. The van der Waals surface area contributed by atoms with Crippen LogP contribution in [-0.4, -0.2) is 30.8 Å². The Kier molecular flexibility index (Phi) is 7.36. The first-order valence-electron chi connectivity index (χ1n) is 8.31. The maximum Gasteiger partial charge on any atom is 0.344 e. The number of ether oxygens (including phenoxy) is 2. The van der Waals surface area contributed by atoms with Crippen molar-refractivity contribution in [2.75, 3.05) is 6.61 Å². The topological polar surface area (TPSA) is 77.0 Å². The van der Waals surface area contributed by atoms with E-state index in [2.05, 4.69) is 10.5 Å². The van der Waals surface area contributed by atoms with Gasteiger partial charge in [-0.25, -0.2) is 10.2 Å². The van der Waals surface area contributed by atoms with E-state index in [-0.39, 0.29) is 25.0 Å². The van der Waals surface area contributed by atoms with Crippen molar-refractivity contribution in [2.45, 2.75) is 26.4 Å². The van der Waals surface area contributed by atoms with Crippen molar-refractivity contribution in [3.05, 3.63) is 65.7 Å². The average molecular weight is 354 g/mol. The predicted molar refractivity (Wildman–Crippen MR) is 99.0 cm³/mol. The summed E-state index contributed by atoms with van der Waals surface area (Å²) in [5, 5.41) is 3.93. The zero-order chi connectivity index (χ0) is 18.8. The van der Waals surface area contributed by atoms with Crippen molar-refractivity contribution in [3.8, 4) is 5.75 Å². The summed E-state index contributed by atoms with van der Waals surface area (Å²) in [6, 6.07) is 16.4. The molecule has 6 heteroatoms. The molecule has 0 fully saturated rings. The summed E-state index contributed by atoms with van der Waals surface area (Å²) >= 11 is 0. The van der Waals surface area contributed by atoms with Gasteiger partial charge in [0.2, 0.25) is 5.91 Å². The number of carbonyl (C=O) groups is 2. The molecule has 0 aliphatic rings. The number of hydrogen-bond acceptors (Lipinski definition) is 5. The maximum absolute atomic E-state index is 11.8. The molecule has 0 spiro atoms. The smallest absolute Gasteiger partial charge is 0.344 e. The van der Waals surface area contributed by atoms with E-state index in [0.717, 1.165) is 11.1 Å². The molecule has 6 nitrogen and oxygen atoms in total. The summed E-state index contributed by atoms with van der Waals surface area (Å²) in [4.78, 5) is 23.2. The van der Waals surface area contributed by atoms with Crippen molar-refractivity contribution < 1.29 is 19.1 Å². The minimum absolute atomic E-state index is 0.138. The summed E-state index contributed by atoms with van der Waals surface area (Å²) < 4.78 is 10.3. The molecule has 0 saturated heterocycles. The second-order valence-corrected chi connectivity index (χ2v) is 5.85. The quantitative estimate of drug-likeness (QED) is 0.449. The average Bonchev–Trinajstić information content (AvgIpc) is 2.61. The van der Waals surface area contributed by atoms with Gasteiger partial charge < -0.3 is 9.47 Å². The Morgan fingerprint density at radius 3 is 2.42 bits per heavy atom. The summed E-state index contributed by atoms with van der Waals surface area (Å²) in [6.07, 6.45) is 1.65. The zero-order valence-electron chi connectivity index (χ0n) is 14.8. The molecule has 1 amide bonds. The Bertz CT molecular complexity index is 740. The SMILES string of the molecule is CC(C)OC(=O)COc1ccc(/C=N\NC(=O)Cc2ccccc2)cc1. The van der Waals surface area contributed by atoms with E-state index < -0.39 is 5.97 Å². The van der Waals surface area contributed by atoms with Gasteiger partial charge in [-0.3, -0.25) is 4.79 Å². The lowest BCUT2D eigenvalue weighted by molar-refractivity contribution is -0.149. The van der Waals surface area contributed by atoms with Gasteiger partial charge in [-0.15, -0.1) is 0 Å². The van der Waals surface area contributed by atoms with Crippen LogP contribution in [0.2, 0.25) is 0 Å². The molecule has 0 unspecified atom stereocenters. The van der Waals surface area contributed by atoms with Crippen molar-refractivity contribution in [3.63, 3.8) is 0 Å². The Labute approximate surface area is 152 Å². The maximum atomic E-state index is 11.8. The van der Waals surface area contributed by atoms with Crippen LogP contribution in [0.5, 0.6) is 5.75 Å². The van der Waals surface area contributed by atoms with Crippen molar-refractivity contribution in [2.24, 2.45) is 5.10 Å². The number of benzene rings is 2. The molecule has 2 rings (SSSR count). The van der Waals surface area contributed by atoms with Crippen LogP contribution in [0.4, 0.5) is 0 Å². The molecule has 1 N–H and O–H groups in total. The highest BCUT2D eigenvalue weighted by Gasteiger charge is 2.06. The third kappa shape index (κ3) is 7.17. The number of hydrogen-bond donors (Lipinski definition) is 1. The van der Waals surface area contributed by atoms with E-state index in [0.29, 0.717) is 5.75 Å². The third-order valence-corrected chi connectivity index (χ3v) is 3.21. The van der Waals surface area contributed by atoms with Gasteiger partial charge in [-0.1, -0.05) is 30.3 Å². The minimum Gasteiger partial charge on any atom is -0.482 e. The summed E-state index contributed by atoms with van der Waals surface area (Å²) in [7, 11) is 0. The van der Waals surface area contributed by atoms with E-state index in [4.69, 9.17) is 9.47 Å². The highest BCUT2D eigenvalue weighted by molar-refractivity contribution is 5.83. The fourth-order valence-corrected chi connectivity index (χ4v) is 2.09. The first-order valence-corrected chi connectivity index (χ1v) is 8.31. The van der Waals surface area contributed by atoms with Crippen LogP contribution in [0.25, 0.3) is 0 Å². The summed E-state index contributed by atoms with van der Waals surface area (Å²) in [5.41, 5.74) is 4.21. The highest BCUT2D eigenvalue weighted by Crippen LogP contribution is 2.11. The van der Waals surface area contributed by atoms with Gasteiger partial charge in [0.15, 0.2) is 6.61 Å². The largest absolute Gasteiger partial charge is 0.482 e. The normalized spacial score (nSPS) is 10.7. The van der Waals surface area contributed by atoms with Crippen LogP contribution in [0, 0.1) is 0 Å². The number of esters is 1. The van der Waals surface area contributed by atoms with Crippen molar-refractivity contribution in [1.29, 1.82) is 0 Å². The molecule has 0 heterocycles. The van der Waals surface area contributed by atoms with Gasteiger partial charge in [0.25, 0.3) is 0 Å². The van der Waals surface area contributed by atoms with E-state index in [1.807, 2.05) is 30.3 Å². The highest BCUT2D eigenvalue weighted by atomic mass is 16.6. The Balaban J connectivity index is 1.76. The fraction of sp³-hybridized carbons (Fsp3) is 0.250. The molecule has 0 saturated carbocycles. The van der Waals surface area contributed by atoms with Crippen LogP contribution in [-0.2, 0) is 20.7 Å². The molecule has 0 radical (unpaired) electrons. The molecule has 0 bridgehead atoms. The Hall–Kier alpha value is -3.15. The van der Waals surface area contributed by atoms with Gasteiger partial charge in [0.1, 0.15) is 5.75 Å². The standard InChI is InChI=1S/C20H22N2O4/c1-15(2)26-20(24)14-25-18-10-8-17(9-11-18)13-21-22-19(23)12-16-6-4-3-5-7-16/h3-11,13,15H,12,14H2,1-2H3,(H,22,23)/b21-13-. The monoisotopic (exact) mass is 354 g/mol. The molecule has 0 aromatic heterocycles. The fourth-order valence-electron chi connectivity index (χ4n) is 2.09. The van der Waals surface area contributed by atoms with Gasteiger partial charge in [0, 0.05) is 0 Å². The molecular weight excluding hydrogens is 332 g/mol. The number of carbonyl (C=O) groups excluding carboxylic acids is 2. The number of nitrogens with one attached hydrogen (secondary N) is 1. The molecule has 0 atom stereocenters. The molecule has 26 heavy (non-hydrogen) atoms. The zero-order valence-corrected chi connectivity index (χ0v) is 14.8. The lowest BCUT2D eigenvalue weighted by Gasteiger charge is -2.09. The summed E-state index contributed by atoms with van der Waals surface area (Å²) in [6.45, 7) is 3.43. The number of amides is 1. The van der Waals surface area contributed by atoms with Gasteiger partial charge in [-0.2, -0.15) is 5.10 Å². The van der Waals surface area contributed by atoms with Crippen LogP contribution in [0.1, 0.15) is 25.0 Å². The molecule has 136 valence electrons. The van der Waals surface area contributed by atoms with Gasteiger partial charge >= 0.3 is 5.97 Å². The summed E-state index contributed by atoms with van der Waals surface area (Å²) in [5.74, 6) is -0.0428. The Morgan fingerprint density at radius 2 is 1.77 bits per heavy atom. The van der Waals surface area contributed by atoms with Gasteiger partial charge in [0.05, 0.1) is 18.7 Å². The van der Waals surface area contributed by atoms with Crippen molar-refractivity contribution in [1.82, 2.24) is 5.43 Å². The number of rotatable bonds is 8. The van der Waals surface area contributed by atoms with Crippen LogP contribution in [0.15, 0.2) is 59.7 Å². The van der Waals surface area contributed by atoms with Crippen molar-refractivity contribution >= 4 is 18.1 Å². The first kappa shape index (κ1) is 19.2. The van der Waals surface area contributed by atoms with Crippen LogP contribution < -0.4 is 10.2 Å². The second-order valence-electron chi connectivity index (χ2n) is 5.85. The minimum atomic E-state index is -0.410. The molecular formula is C20H22N2O4. The number of nitrogens with zero attached hydrogens (tertiary/aromatic N) is 1. The molecule has 2 aromatic rings. The molecule has 2 aromatic carbocycles. The van der Waals surface area contributed by atoms with E-state index >= 15 is 0 Å². The third-order valence-electron chi connectivity index (χ3n) is 3.21. The van der Waals surface area contributed by atoms with E-state index in [1.54, 1.807) is 44.3 Å². The first-order chi connectivity index (χ1) is 12.5. The Morgan fingerprint density at radius 1 is 1.08 bits per heavy atom.